The topological polar surface area (TPSA) is 52.8 Å². The van der Waals surface area contributed by atoms with Crippen molar-refractivity contribution in [3.8, 4) is 11.5 Å². The quantitative estimate of drug-likeness (QED) is 0.275. The van der Waals surface area contributed by atoms with Crippen molar-refractivity contribution in [2.24, 2.45) is 4.99 Å². The Morgan fingerprint density at radius 3 is 2.82 bits per heavy atom. The van der Waals surface area contributed by atoms with E-state index in [2.05, 4.69) is 52.8 Å². The monoisotopic (exact) mass is 584 g/mol. The summed E-state index contributed by atoms with van der Waals surface area (Å²) in [5.74, 6) is 1.50. The van der Waals surface area contributed by atoms with Crippen molar-refractivity contribution in [1.29, 1.82) is 0 Å². The fourth-order valence-electron chi connectivity index (χ4n) is 5.16. The minimum absolute atomic E-state index is 0.0462. The molecule has 190 valence electrons. The van der Waals surface area contributed by atoms with Crippen molar-refractivity contribution in [3.05, 3.63) is 131 Å². The van der Waals surface area contributed by atoms with Crippen LogP contribution in [0, 0.1) is 0 Å². The summed E-state index contributed by atoms with van der Waals surface area (Å²) >= 11 is 5.00. The van der Waals surface area contributed by atoms with Crippen molar-refractivity contribution >= 4 is 39.0 Å². The molecule has 0 radical (unpaired) electrons. The summed E-state index contributed by atoms with van der Waals surface area (Å²) in [5.41, 5.74) is 6.47. The van der Waals surface area contributed by atoms with Crippen molar-refractivity contribution in [2.45, 2.75) is 18.9 Å². The van der Waals surface area contributed by atoms with Gasteiger partial charge in [-0.3, -0.25) is 9.36 Å². The molecule has 1 aliphatic heterocycles. The maximum absolute atomic E-state index is 14.0. The number of halogens is 1. The first-order chi connectivity index (χ1) is 18.6. The first-order valence-corrected chi connectivity index (χ1v) is 14.0. The summed E-state index contributed by atoms with van der Waals surface area (Å²) in [6, 6.07) is 22.0. The predicted molar refractivity (Wildman–Crippen MR) is 156 cm³/mol. The van der Waals surface area contributed by atoms with E-state index >= 15 is 0 Å². The molecular weight excluding hydrogens is 560 g/mol. The lowest BCUT2D eigenvalue weighted by Crippen LogP contribution is -2.38. The highest BCUT2D eigenvalue weighted by Crippen LogP contribution is 2.41. The highest BCUT2D eigenvalue weighted by Gasteiger charge is 2.32. The van der Waals surface area contributed by atoms with Crippen LogP contribution in [0.15, 0.2) is 99.2 Å². The first-order valence-electron chi connectivity index (χ1n) is 12.4. The number of thiazole rings is 1. The molecule has 1 atom stereocenters. The molecule has 0 spiro atoms. The van der Waals surface area contributed by atoms with E-state index in [1.165, 1.54) is 22.5 Å². The molecule has 0 saturated carbocycles. The zero-order chi connectivity index (χ0) is 26.2. The van der Waals surface area contributed by atoms with Gasteiger partial charge in [0.1, 0.15) is 18.1 Å². The van der Waals surface area contributed by atoms with Gasteiger partial charge in [0.25, 0.3) is 5.56 Å². The highest BCUT2D eigenvalue weighted by molar-refractivity contribution is 9.10. The van der Waals surface area contributed by atoms with Crippen LogP contribution in [0.1, 0.15) is 34.7 Å². The van der Waals surface area contributed by atoms with Crippen molar-refractivity contribution in [1.82, 2.24) is 4.57 Å². The van der Waals surface area contributed by atoms with Crippen LogP contribution < -0.4 is 24.4 Å². The predicted octanol–water partition coefficient (Wildman–Crippen LogP) is 5.65. The van der Waals surface area contributed by atoms with Gasteiger partial charge < -0.3 is 9.47 Å². The Morgan fingerprint density at radius 2 is 2.00 bits per heavy atom. The van der Waals surface area contributed by atoms with Gasteiger partial charge in [-0.15, -0.1) is 0 Å². The lowest BCUT2D eigenvalue weighted by molar-refractivity contribution is 0.361. The van der Waals surface area contributed by atoms with E-state index in [9.17, 15) is 4.79 Å². The largest absolute Gasteiger partial charge is 0.497 e. The molecule has 6 rings (SSSR count). The number of rotatable bonds is 6. The number of aromatic nitrogens is 1. The van der Waals surface area contributed by atoms with Crippen LogP contribution in [0.5, 0.6) is 11.5 Å². The van der Waals surface area contributed by atoms with Crippen molar-refractivity contribution in [3.63, 3.8) is 0 Å². The molecule has 0 saturated heterocycles. The summed E-state index contributed by atoms with van der Waals surface area (Å²) in [6.07, 6.45) is 5.40. The minimum atomic E-state index is -0.242. The van der Waals surface area contributed by atoms with E-state index < -0.39 is 0 Å². The Hall–Kier alpha value is -3.68. The molecule has 5 nitrogen and oxygen atoms in total. The van der Waals surface area contributed by atoms with E-state index in [4.69, 9.17) is 14.5 Å². The smallest absolute Gasteiger partial charge is 0.271 e. The standard InChI is InChI=1S/C31H25BrN2O3S/c1-3-15-37-26-14-11-19(16-25(26)32)17-27-30(35)34-29(21-8-6-9-22(18-21)36-2)24-13-12-20-7-4-5-10-23(20)28(24)33-31(34)38-27/h3-11,14,16-18,29H,1,12-13,15H2,2H3/b27-17+/t29-/m0/s1. The van der Waals surface area contributed by atoms with Crippen LogP contribution in [0.4, 0.5) is 0 Å². The molecule has 2 aliphatic rings. The molecule has 38 heavy (non-hydrogen) atoms. The number of nitrogens with zero attached hydrogens (tertiary/aromatic N) is 2. The number of aryl methyl sites for hydroxylation is 1. The lowest BCUT2D eigenvalue weighted by atomic mass is 9.83. The molecule has 0 unspecified atom stereocenters. The molecule has 4 aromatic rings. The second-order valence-electron chi connectivity index (χ2n) is 9.18. The molecule has 0 N–H and O–H groups in total. The number of benzene rings is 3. The van der Waals surface area contributed by atoms with Crippen LogP contribution >= 0.6 is 27.3 Å². The van der Waals surface area contributed by atoms with E-state index in [1.807, 2.05) is 47.0 Å². The summed E-state index contributed by atoms with van der Waals surface area (Å²) in [4.78, 5) is 19.7. The summed E-state index contributed by atoms with van der Waals surface area (Å²) in [5, 5.41) is 0. The third-order valence-electron chi connectivity index (χ3n) is 6.89. The van der Waals surface area contributed by atoms with Gasteiger partial charge in [-0.2, -0.15) is 0 Å². The molecule has 3 aromatic carbocycles. The van der Waals surface area contributed by atoms with E-state index in [0.717, 1.165) is 51.2 Å². The summed E-state index contributed by atoms with van der Waals surface area (Å²) in [7, 11) is 1.66. The maximum Gasteiger partial charge on any atom is 0.271 e. The first kappa shape index (κ1) is 24.6. The van der Waals surface area contributed by atoms with E-state index in [0.29, 0.717) is 15.9 Å². The molecule has 0 amide bonds. The van der Waals surface area contributed by atoms with E-state index in [1.54, 1.807) is 13.2 Å². The van der Waals surface area contributed by atoms with Gasteiger partial charge in [0.2, 0.25) is 0 Å². The van der Waals surface area contributed by atoms with Crippen LogP contribution in [-0.2, 0) is 6.42 Å². The number of allylic oxidation sites excluding steroid dienone is 1. The molecule has 2 heterocycles. The van der Waals surface area contributed by atoms with Crippen LogP contribution in [0.3, 0.4) is 0 Å². The van der Waals surface area contributed by atoms with Crippen molar-refractivity contribution in [2.75, 3.05) is 13.7 Å². The average molecular weight is 586 g/mol. The normalized spacial score (nSPS) is 16.3. The molecule has 0 fully saturated rings. The second kappa shape index (κ2) is 10.2. The molecule has 1 aliphatic carbocycles. The second-order valence-corrected chi connectivity index (χ2v) is 11.0. The average Bonchev–Trinajstić information content (AvgIpc) is 3.25. The van der Waals surface area contributed by atoms with Gasteiger partial charge in [0, 0.05) is 5.56 Å². The number of methoxy groups -OCH3 is 1. The third-order valence-corrected chi connectivity index (χ3v) is 8.50. The van der Waals surface area contributed by atoms with Gasteiger partial charge >= 0.3 is 0 Å². The number of hydrogen-bond donors (Lipinski definition) is 0. The number of fused-ring (bicyclic) bond motifs is 3. The fourth-order valence-corrected chi connectivity index (χ4v) is 6.67. The van der Waals surface area contributed by atoms with Crippen molar-refractivity contribution < 1.29 is 9.47 Å². The van der Waals surface area contributed by atoms with Gasteiger partial charge in [-0.25, -0.2) is 4.99 Å². The third kappa shape index (κ3) is 4.36. The minimum Gasteiger partial charge on any atom is -0.497 e. The molecule has 0 bridgehead atoms. The Kier molecular flexibility index (Phi) is 6.64. The molecular formula is C31H25BrN2O3S. The summed E-state index contributed by atoms with van der Waals surface area (Å²) < 4.78 is 14.5. The van der Waals surface area contributed by atoms with Gasteiger partial charge in [-0.05, 0) is 81.4 Å². The molecule has 1 aromatic heterocycles. The number of ether oxygens (including phenoxy) is 2. The Morgan fingerprint density at radius 1 is 1.13 bits per heavy atom. The van der Waals surface area contributed by atoms with Gasteiger partial charge in [0.15, 0.2) is 4.80 Å². The highest BCUT2D eigenvalue weighted by atomic mass is 79.9. The maximum atomic E-state index is 14.0. The van der Waals surface area contributed by atoms with Gasteiger partial charge in [0.05, 0.1) is 27.9 Å². The van der Waals surface area contributed by atoms with Gasteiger partial charge in [-0.1, -0.05) is 66.5 Å². The fraction of sp³-hybridized carbons (Fsp3) is 0.161. The SMILES string of the molecule is C=CCOc1ccc(/C=c2/sc3n(c2=O)[C@@H](c2cccc(OC)c2)C2=C(N=3)c3ccccc3CC2)cc1Br. The zero-order valence-electron chi connectivity index (χ0n) is 20.8. The summed E-state index contributed by atoms with van der Waals surface area (Å²) in [6.45, 7) is 4.12. The Bertz CT molecular complexity index is 1780. The Balaban J connectivity index is 1.54. The Labute approximate surface area is 232 Å². The van der Waals surface area contributed by atoms with Crippen LogP contribution in [0.25, 0.3) is 11.8 Å². The lowest BCUT2D eigenvalue weighted by Gasteiger charge is -2.31. The molecule has 7 heteroatoms. The number of hydrogen-bond acceptors (Lipinski definition) is 5. The van der Waals surface area contributed by atoms with E-state index in [-0.39, 0.29) is 11.6 Å². The van der Waals surface area contributed by atoms with Crippen LogP contribution in [-0.4, -0.2) is 18.3 Å². The zero-order valence-corrected chi connectivity index (χ0v) is 23.2. The van der Waals surface area contributed by atoms with Crippen LogP contribution in [0.2, 0.25) is 0 Å².